The van der Waals surface area contributed by atoms with E-state index in [2.05, 4.69) is 0 Å². The van der Waals surface area contributed by atoms with E-state index in [1.54, 1.807) is 14.7 Å². The van der Waals surface area contributed by atoms with Crippen molar-refractivity contribution in [3.63, 3.8) is 0 Å². The highest BCUT2D eigenvalue weighted by Crippen LogP contribution is 2.59. The predicted octanol–water partition coefficient (Wildman–Crippen LogP) is 3.32. The Bertz CT molecular complexity index is 1390. The molecule has 4 heterocycles. The molecule has 2 saturated heterocycles. The SMILES string of the molecule is CC[C@@H](CO)N1C(=O)[C@@H]2[C@@H]3C(=O)N(Cc4ccccc4)CC=C[C@]3(CC)O[C@@]23C=CCN(Cc2ccccc2)C(=O)C13. The third kappa shape index (κ3) is 4.39. The third-order valence-electron chi connectivity index (χ3n) is 9.55. The quantitative estimate of drug-likeness (QED) is 0.493. The summed E-state index contributed by atoms with van der Waals surface area (Å²) in [4.78, 5) is 48.7. The molecule has 1 spiro atoms. The number of aliphatic hydroxyl groups is 1. The van der Waals surface area contributed by atoms with E-state index in [0.717, 1.165) is 11.1 Å². The highest BCUT2D eigenvalue weighted by atomic mass is 16.5. The molecule has 8 heteroatoms. The number of nitrogens with zero attached hydrogens (tertiary/aromatic N) is 3. The van der Waals surface area contributed by atoms with Crippen LogP contribution in [0.15, 0.2) is 85.0 Å². The largest absolute Gasteiger partial charge is 0.394 e. The van der Waals surface area contributed by atoms with Crippen molar-refractivity contribution in [3.05, 3.63) is 96.1 Å². The second-order valence-corrected chi connectivity index (χ2v) is 11.8. The zero-order valence-electron chi connectivity index (χ0n) is 24.3. The molecule has 2 aromatic carbocycles. The van der Waals surface area contributed by atoms with Gasteiger partial charge in [0.25, 0.3) is 0 Å². The van der Waals surface area contributed by atoms with Crippen molar-refractivity contribution < 1.29 is 24.2 Å². The first kappa shape index (κ1) is 28.4. The molecule has 0 radical (unpaired) electrons. The maximum absolute atomic E-state index is 14.6. The number of ether oxygens (including phenoxy) is 1. The number of carbonyl (C=O) groups is 3. The van der Waals surface area contributed by atoms with Gasteiger partial charge in [0.2, 0.25) is 17.7 Å². The Morgan fingerprint density at radius 2 is 1.38 bits per heavy atom. The summed E-state index contributed by atoms with van der Waals surface area (Å²) in [6.07, 6.45) is 8.65. The number of benzene rings is 2. The molecular formula is C34H39N3O5. The molecule has 2 aromatic rings. The Hall–Kier alpha value is -3.75. The van der Waals surface area contributed by atoms with E-state index in [-0.39, 0.29) is 24.3 Å². The molecule has 0 bridgehead atoms. The van der Waals surface area contributed by atoms with E-state index < -0.39 is 35.1 Å². The fourth-order valence-electron chi connectivity index (χ4n) is 7.50. The monoisotopic (exact) mass is 569 g/mol. The molecule has 220 valence electrons. The van der Waals surface area contributed by atoms with E-state index in [0.29, 0.717) is 39.0 Å². The molecule has 6 rings (SSSR count). The van der Waals surface area contributed by atoms with E-state index in [1.165, 1.54) is 0 Å². The van der Waals surface area contributed by atoms with Gasteiger partial charge in [-0.3, -0.25) is 14.4 Å². The van der Waals surface area contributed by atoms with Crippen LogP contribution in [0.2, 0.25) is 0 Å². The van der Waals surface area contributed by atoms with Crippen LogP contribution >= 0.6 is 0 Å². The van der Waals surface area contributed by atoms with E-state index >= 15 is 0 Å². The van der Waals surface area contributed by atoms with Gasteiger partial charge in [-0.15, -0.1) is 0 Å². The van der Waals surface area contributed by atoms with E-state index in [9.17, 15) is 19.5 Å². The summed E-state index contributed by atoms with van der Waals surface area (Å²) < 4.78 is 7.04. The van der Waals surface area contributed by atoms with Gasteiger partial charge in [-0.2, -0.15) is 0 Å². The van der Waals surface area contributed by atoms with Crippen molar-refractivity contribution in [3.8, 4) is 0 Å². The summed E-state index contributed by atoms with van der Waals surface area (Å²) in [5.74, 6) is -2.38. The van der Waals surface area contributed by atoms with Gasteiger partial charge in [-0.05, 0) is 24.0 Å². The van der Waals surface area contributed by atoms with Crippen molar-refractivity contribution >= 4 is 17.7 Å². The van der Waals surface area contributed by atoms with Crippen LogP contribution in [0.4, 0.5) is 0 Å². The number of aliphatic hydroxyl groups excluding tert-OH is 1. The van der Waals surface area contributed by atoms with Crippen molar-refractivity contribution in [2.45, 2.75) is 63.1 Å². The average Bonchev–Trinajstić information content (AvgIpc) is 3.32. The van der Waals surface area contributed by atoms with Crippen molar-refractivity contribution in [1.29, 1.82) is 0 Å². The first-order valence-electron chi connectivity index (χ1n) is 15.0. The minimum absolute atomic E-state index is 0.148. The normalized spacial score (nSPS) is 31.1. The standard InChI is InChI=1S/C34H39N3O5/c1-3-26(23-38)37-29-32(41)36(22-25-15-9-6-10-16-25)20-12-18-34(29)28(31(37)40)27-30(39)35(21-24-13-7-5-8-14-24)19-11-17-33(27,4-2)42-34/h5-18,26-29,38H,3-4,19-23H2,1-2H3/t26-,27+,28-,29?,33-,34-/m0/s1. The lowest BCUT2D eigenvalue weighted by atomic mass is 9.73. The zero-order chi connectivity index (χ0) is 29.5. The molecule has 4 aliphatic heterocycles. The second-order valence-electron chi connectivity index (χ2n) is 11.8. The molecule has 0 saturated carbocycles. The van der Waals surface area contributed by atoms with Crippen LogP contribution in [-0.2, 0) is 32.2 Å². The summed E-state index contributed by atoms with van der Waals surface area (Å²) in [5.41, 5.74) is -0.387. The number of hydrogen-bond acceptors (Lipinski definition) is 5. The summed E-state index contributed by atoms with van der Waals surface area (Å²) in [5, 5.41) is 10.4. The molecule has 8 nitrogen and oxygen atoms in total. The molecular weight excluding hydrogens is 530 g/mol. The average molecular weight is 570 g/mol. The Morgan fingerprint density at radius 1 is 0.810 bits per heavy atom. The number of amides is 3. The number of rotatable bonds is 8. The van der Waals surface area contributed by atoms with Gasteiger partial charge >= 0.3 is 0 Å². The Balaban J connectivity index is 1.44. The number of hydrogen-bond donors (Lipinski definition) is 1. The van der Waals surface area contributed by atoms with Crippen LogP contribution in [0.5, 0.6) is 0 Å². The molecule has 4 aliphatic rings. The molecule has 2 fully saturated rings. The number of carbonyl (C=O) groups excluding carboxylic acids is 3. The molecule has 42 heavy (non-hydrogen) atoms. The highest BCUT2D eigenvalue weighted by Gasteiger charge is 2.75. The molecule has 1 unspecified atom stereocenters. The zero-order valence-corrected chi connectivity index (χ0v) is 24.3. The lowest BCUT2D eigenvalue weighted by Gasteiger charge is -2.40. The Labute approximate surface area is 247 Å². The number of fused-ring (bicyclic) bond motifs is 2. The van der Waals surface area contributed by atoms with Crippen LogP contribution in [0.1, 0.15) is 37.8 Å². The summed E-state index contributed by atoms with van der Waals surface area (Å²) >= 11 is 0. The third-order valence-corrected chi connectivity index (χ3v) is 9.55. The van der Waals surface area contributed by atoms with Gasteiger partial charge in [0, 0.05) is 26.2 Å². The van der Waals surface area contributed by atoms with Crippen molar-refractivity contribution in [1.82, 2.24) is 14.7 Å². The first-order chi connectivity index (χ1) is 20.4. The smallest absolute Gasteiger partial charge is 0.249 e. The van der Waals surface area contributed by atoms with Crippen molar-refractivity contribution in [2.24, 2.45) is 11.8 Å². The van der Waals surface area contributed by atoms with Crippen LogP contribution in [0, 0.1) is 11.8 Å². The minimum Gasteiger partial charge on any atom is -0.394 e. The van der Waals surface area contributed by atoms with Crippen LogP contribution in [-0.4, -0.2) is 80.5 Å². The summed E-state index contributed by atoms with van der Waals surface area (Å²) in [6, 6.07) is 18.0. The van der Waals surface area contributed by atoms with Gasteiger partial charge < -0.3 is 24.5 Å². The fourth-order valence-corrected chi connectivity index (χ4v) is 7.50. The van der Waals surface area contributed by atoms with E-state index in [4.69, 9.17) is 4.74 Å². The van der Waals surface area contributed by atoms with Gasteiger partial charge in [0.15, 0.2) is 0 Å². The molecule has 6 atom stereocenters. The lowest BCUT2D eigenvalue weighted by molar-refractivity contribution is -0.157. The molecule has 3 amide bonds. The van der Waals surface area contributed by atoms with Crippen LogP contribution in [0.3, 0.4) is 0 Å². The minimum atomic E-state index is -1.33. The fraction of sp³-hybridized carbons (Fsp3) is 0.441. The highest BCUT2D eigenvalue weighted by molar-refractivity contribution is 6.00. The molecule has 0 aromatic heterocycles. The lowest BCUT2D eigenvalue weighted by Crippen LogP contribution is -2.58. The first-order valence-corrected chi connectivity index (χ1v) is 15.0. The predicted molar refractivity (Wildman–Crippen MR) is 158 cm³/mol. The molecule has 1 N–H and O–H groups in total. The second kappa shape index (κ2) is 11.2. The van der Waals surface area contributed by atoms with Crippen molar-refractivity contribution in [2.75, 3.05) is 19.7 Å². The Morgan fingerprint density at radius 3 is 1.93 bits per heavy atom. The topological polar surface area (TPSA) is 90.4 Å². The van der Waals surface area contributed by atoms with Gasteiger partial charge in [-0.1, -0.05) is 98.8 Å². The molecule has 0 aliphatic carbocycles. The summed E-state index contributed by atoms with van der Waals surface area (Å²) in [7, 11) is 0. The maximum Gasteiger partial charge on any atom is 0.249 e. The van der Waals surface area contributed by atoms with Crippen LogP contribution in [0.25, 0.3) is 0 Å². The number of likely N-dealkylation sites (tertiary alicyclic amines) is 1. The van der Waals surface area contributed by atoms with Gasteiger partial charge in [-0.25, -0.2) is 0 Å². The van der Waals surface area contributed by atoms with E-state index in [1.807, 2.05) is 98.8 Å². The Kier molecular flexibility index (Phi) is 7.53. The summed E-state index contributed by atoms with van der Waals surface area (Å²) in [6.45, 7) is 5.14. The van der Waals surface area contributed by atoms with Crippen LogP contribution < -0.4 is 0 Å². The maximum atomic E-state index is 14.6. The van der Waals surface area contributed by atoms with Gasteiger partial charge in [0.1, 0.15) is 11.6 Å². The van der Waals surface area contributed by atoms with Gasteiger partial charge in [0.05, 0.1) is 30.1 Å².